The van der Waals surface area contributed by atoms with E-state index in [9.17, 15) is 0 Å². The fourth-order valence-electron chi connectivity index (χ4n) is 0.146. The first kappa shape index (κ1) is 3.14. The Morgan fingerprint density at radius 2 is 1.83 bits per heavy atom. The molecule has 1 aromatic rings. The molecule has 4 nitrogen and oxygen atoms in total. The molecule has 1 aromatic heterocycles. The van der Waals surface area contributed by atoms with Crippen LogP contribution in [0.2, 0.25) is 0 Å². The monoisotopic (exact) mass is 81.0 g/mol. The molecule has 0 atom stereocenters. The van der Waals surface area contributed by atoms with E-state index in [1.807, 2.05) is 0 Å². The zero-order chi connectivity index (χ0) is 4.24. The summed E-state index contributed by atoms with van der Waals surface area (Å²) in [6, 6.07) is 0. The highest BCUT2D eigenvalue weighted by molar-refractivity contribution is 4.33. The van der Waals surface area contributed by atoms with Gasteiger partial charge in [0.2, 0.25) is 6.33 Å². The van der Waals surface area contributed by atoms with E-state index in [2.05, 4.69) is 26.7 Å². The lowest BCUT2D eigenvalue weighted by molar-refractivity contribution is 0.843. The van der Waals surface area contributed by atoms with Crippen LogP contribution in [-0.4, -0.2) is 20.4 Å². The number of hydrogen-bond donors (Lipinski definition) is 0. The molecule has 6 heavy (non-hydrogen) atoms. The van der Waals surface area contributed by atoms with Gasteiger partial charge in [0.15, 0.2) is 6.33 Å². The molecule has 29 valence electrons. The van der Waals surface area contributed by atoms with Gasteiger partial charge in [0.25, 0.3) is 0 Å². The van der Waals surface area contributed by atoms with Gasteiger partial charge in [-0.25, -0.2) is 0 Å². The minimum Gasteiger partial charge on any atom is -0.135 e. The van der Waals surface area contributed by atoms with E-state index in [1.54, 1.807) is 0 Å². The summed E-state index contributed by atoms with van der Waals surface area (Å²) < 4.78 is 0. The maximum Gasteiger partial charge on any atom is 0.244 e. The van der Waals surface area contributed by atoms with Crippen LogP contribution in [0.4, 0.5) is 0 Å². The van der Waals surface area contributed by atoms with Gasteiger partial charge < -0.3 is 0 Å². The van der Waals surface area contributed by atoms with E-state index < -0.39 is 0 Å². The highest BCUT2D eigenvalue weighted by Gasteiger charge is 1.63. The molecule has 4 heteroatoms. The Morgan fingerprint density at radius 3 is 2.00 bits per heavy atom. The average molecular weight is 81.1 g/mol. The lowest BCUT2D eigenvalue weighted by Crippen LogP contribution is -1.83. The Kier molecular flexibility index (Phi) is 0.731. The summed E-state index contributed by atoms with van der Waals surface area (Å²) in [4.78, 5) is 0. The Morgan fingerprint density at radius 1 is 1.17 bits per heavy atom. The van der Waals surface area contributed by atoms with Crippen molar-refractivity contribution in [3.05, 3.63) is 12.7 Å². The molecule has 0 amide bonds. The highest BCUT2D eigenvalue weighted by Crippen LogP contribution is 1.48. The van der Waals surface area contributed by atoms with Gasteiger partial charge in [-0.3, -0.25) is 0 Å². The quantitative estimate of drug-likeness (QED) is 0.404. The van der Waals surface area contributed by atoms with Crippen LogP contribution in [-0.2, 0) is 0 Å². The Bertz CT molecular complexity index is 77.5. The van der Waals surface area contributed by atoms with Gasteiger partial charge in [0, 0.05) is 0 Å². The van der Waals surface area contributed by atoms with Gasteiger partial charge in [-0.15, -0.1) is 20.4 Å². The summed E-state index contributed by atoms with van der Waals surface area (Å²) in [5.74, 6) is 0. The topological polar surface area (TPSA) is 51.6 Å². The van der Waals surface area contributed by atoms with Crippen molar-refractivity contribution in [2.75, 3.05) is 0 Å². The molecule has 0 saturated heterocycles. The summed E-state index contributed by atoms with van der Waals surface area (Å²) in [6.45, 7) is 0. The molecule has 0 bridgehead atoms. The second-order valence-electron chi connectivity index (χ2n) is 0.646. The molecule has 1 radical (unpaired) electrons. The van der Waals surface area contributed by atoms with E-state index in [-0.39, 0.29) is 0 Å². The van der Waals surface area contributed by atoms with Crippen LogP contribution in [0, 0.1) is 6.33 Å². The van der Waals surface area contributed by atoms with Crippen molar-refractivity contribution in [2.24, 2.45) is 0 Å². The van der Waals surface area contributed by atoms with Crippen LogP contribution in [0.1, 0.15) is 0 Å². The standard InChI is InChI=1S/C2HN4/c1-3-5-2-6-4-1/h1H. The van der Waals surface area contributed by atoms with Gasteiger partial charge in [0.05, 0.1) is 0 Å². The van der Waals surface area contributed by atoms with Crippen LogP contribution in [0.5, 0.6) is 0 Å². The van der Waals surface area contributed by atoms with E-state index >= 15 is 0 Å². The second kappa shape index (κ2) is 1.40. The molecule has 0 fully saturated rings. The van der Waals surface area contributed by atoms with Crippen molar-refractivity contribution in [1.82, 2.24) is 20.4 Å². The van der Waals surface area contributed by atoms with Crippen molar-refractivity contribution in [2.45, 2.75) is 0 Å². The number of hydrogen-bond acceptors (Lipinski definition) is 4. The normalized spacial score (nSPS) is 8.00. The molecule has 0 N–H and O–H groups in total. The molecule has 0 aliphatic heterocycles. The smallest absolute Gasteiger partial charge is 0.135 e. The Labute approximate surface area is 34.2 Å². The zero-order valence-electron chi connectivity index (χ0n) is 2.87. The molecular weight excluding hydrogens is 80.1 g/mol. The molecule has 0 aromatic carbocycles. The molecule has 0 aliphatic rings. The predicted molar refractivity (Wildman–Crippen MR) is 16.5 cm³/mol. The molecule has 0 spiro atoms. The van der Waals surface area contributed by atoms with E-state index in [0.717, 1.165) is 0 Å². The summed E-state index contributed by atoms with van der Waals surface area (Å²) in [7, 11) is 0. The second-order valence-corrected chi connectivity index (χ2v) is 0.646. The van der Waals surface area contributed by atoms with Crippen molar-refractivity contribution >= 4 is 0 Å². The van der Waals surface area contributed by atoms with Gasteiger partial charge in [-0.1, -0.05) is 0 Å². The molecule has 1 heterocycles. The third kappa shape index (κ3) is 0.453. The van der Waals surface area contributed by atoms with Crippen molar-refractivity contribution in [3.8, 4) is 0 Å². The molecular formula is C2HN4. The summed E-state index contributed by atoms with van der Waals surface area (Å²) in [5, 5.41) is 13.1. The lowest BCUT2D eigenvalue weighted by atomic mass is 11.3. The lowest BCUT2D eigenvalue weighted by Gasteiger charge is -1.66. The Hall–Kier alpha value is -1.06. The van der Waals surface area contributed by atoms with Gasteiger partial charge in [0.1, 0.15) is 0 Å². The highest BCUT2D eigenvalue weighted by atomic mass is 15.2. The van der Waals surface area contributed by atoms with E-state index in [1.165, 1.54) is 6.33 Å². The van der Waals surface area contributed by atoms with Crippen LogP contribution in [0.3, 0.4) is 0 Å². The maximum atomic E-state index is 3.31. The van der Waals surface area contributed by atoms with Crippen molar-refractivity contribution in [1.29, 1.82) is 0 Å². The average Bonchev–Trinajstić information content (AvgIpc) is 1.72. The van der Waals surface area contributed by atoms with Gasteiger partial charge >= 0.3 is 0 Å². The van der Waals surface area contributed by atoms with Crippen LogP contribution in [0.15, 0.2) is 6.33 Å². The van der Waals surface area contributed by atoms with Crippen LogP contribution < -0.4 is 0 Å². The van der Waals surface area contributed by atoms with Gasteiger partial charge in [-0.05, 0) is 0 Å². The van der Waals surface area contributed by atoms with Crippen molar-refractivity contribution < 1.29 is 0 Å². The first-order chi connectivity index (χ1) is 3.00. The fourth-order valence-corrected chi connectivity index (χ4v) is 0.146. The third-order valence-electron chi connectivity index (χ3n) is 0.308. The number of aromatic nitrogens is 4. The zero-order valence-corrected chi connectivity index (χ0v) is 2.87. The largest absolute Gasteiger partial charge is 0.244 e. The minimum absolute atomic E-state index is 1.25. The first-order valence-electron chi connectivity index (χ1n) is 1.36. The first-order valence-corrected chi connectivity index (χ1v) is 1.36. The Balaban J connectivity index is 3.00. The molecule has 0 unspecified atom stereocenters. The fraction of sp³-hybridized carbons (Fsp3) is 0. The maximum absolute atomic E-state index is 3.31. The predicted octanol–water partition coefficient (Wildman–Crippen LogP) is -0.933. The molecule has 0 saturated carbocycles. The molecule has 0 aliphatic carbocycles. The van der Waals surface area contributed by atoms with Crippen molar-refractivity contribution in [3.63, 3.8) is 0 Å². The minimum atomic E-state index is 1.25. The van der Waals surface area contributed by atoms with Crippen LogP contribution in [0.25, 0.3) is 0 Å². The summed E-state index contributed by atoms with van der Waals surface area (Å²) >= 11 is 0. The SMILES string of the molecule is [c]1nncnn1. The van der Waals surface area contributed by atoms with Gasteiger partial charge in [-0.2, -0.15) is 0 Å². The number of nitrogens with zero attached hydrogens (tertiary/aromatic N) is 4. The van der Waals surface area contributed by atoms with E-state index in [0.29, 0.717) is 0 Å². The summed E-state index contributed by atoms with van der Waals surface area (Å²) in [5.41, 5.74) is 0. The van der Waals surface area contributed by atoms with E-state index in [4.69, 9.17) is 0 Å². The van der Waals surface area contributed by atoms with Crippen LogP contribution >= 0.6 is 0 Å². The third-order valence-corrected chi connectivity index (χ3v) is 0.308. The summed E-state index contributed by atoms with van der Waals surface area (Å²) in [6.07, 6.45) is 3.42. The molecule has 1 rings (SSSR count). The number of rotatable bonds is 0.